The Kier molecular flexibility index (Phi) is 5.95. The fraction of sp³-hybridized carbons (Fsp3) is 0.476. The number of anilines is 2. The lowest BCUT2D eigenvalue weighted by molar-refractivity contribution is -0.00137. The summed E-state index contributed by atoms with van der Waals surface area (Å²) in [6.45, 7) is 3.34. The molecule has 0 radical (unpaired) electrons. The van der Waals surface area contributed by atoms with E-state index < -0.39 is 12.3 Å². The van der Waals surface area contributed by atoms with Gasteiger partial charge in [0.1, 0.15) is 6.07 Å². The van der Waals surface area contributed by atoms with Crippen LogP contribution < -0.4 is 15.5 Å². The summed E-state index contributed by atoms with van der Waals surface area (Å²) in [7, 11) is 1.67. The van der Waals surface area contributed by atoms with Crippen molar-refractivity contribution in [1.82, 2.24) is 24.4 Å². The standard InChI is InChI=1S/C21H25N9O2/c1-3-4-10-29-17-18(26-20(29)28-9-5-6-14(23)12-28)27(2)21(32)30(19(17)31)13-16-15(11-22)24-7-8-25-16/h7-8,14,21,32H,5-6,9-10,12-13,23H2,1-2H3/t14-,21?/m1/s1. The molecular weight excluding hydrogens is 410 g/mol. The lowest BCUT2D eigenvalue weighted by Crippen LogP contribution is -2.54. The highest BCUT2D eigenvalue weighted by molar-refractivity contribution is 6.00. The van der Waals surface area contributed by atoms with Crippen LogP contribution in [0.2, 0.25) is 0 Å². The zero-order valence-electron chi connectivity index (χ0n) is 18.1. The largest absolute Gasteiger partial charge is 0.356 e. The number of nitriles is 1. The number of imidazole rings is 1. The average Bonchev–Trinajstić information content (AvgIpc) is 3.19. The van der Waals surface area contributed by atoms with Crippen LogP contribution in [0.3, 0.4) is 0 Å². The second-order valence-corrected chi connectivity index (χ2v) is 7.80. The fourth-order valence-corrected chi connectivity index (χ4v) is 4.08. The minimum atomic E-state index is -1.28. The molecule has 0 bridgehead atoms. The van der Waals surface area contributed by atoms with Gasteiger partial charge in [-0.05, 0) is 19.8 Å². The van der Waals surface area contributed by atoms with Gasteiger partial charge in [0.25, 0.3) is 5.91 Å². The Bertz CT molecular complexity index is 1130. The maximum atomic E-state index is 13.6. The number of hydrogen-bond donors (Lipinski definition) is 2. The number of aromatic nitrogens is 4. The number of fused-ring (bicyclic) bond motifs is 1. The molecule has 4 rings (SSSR count). The van der Waals surface area contributed by atoms with Crippen molar-refractivity contribution in [3.63, 3.8) is 0 Å². The summed E-state index contributed by atoms with van der Waals surface area (Å²) in [5.74, 6) is 6.46. The summed E-state index contributed by atoms with van der Waals surface area (Å²) in [6, 6.07) is 2.00. The molecule has 1 saturated heterocycles. The third-order valence-corrected chi connectivity index (χ3v) is 5.71. The van der Waals surface area contributed by atoms with Gasteiger partial charge in [-0.1, -0.05) is 5.92 Å². The summed E-state index contributed by atoms with van der Waals surface area (Å²) in [6.07, 6.45) is 3.46. The second-order valence-electron chi connectivity index (χ2n) is 7.80. The second kappa shape index (κ2) is 8.83. The van der Waals surface area contributed by atoms with Gasteiger partial charge in [-0.2, -0.15) is 10.2 Å². The lowest BCUT2D eigenvalue weighted by Gasteiger charge is -2.38. The molecule has 2 aliphatic rings. The molecule has 166 valence electrons. The quantitative estimate of drug-likeness (QED) is 0.628. The number of carbonyl (C=O) groups excluding carboxylic acids is 1. The van der Waals surface area contributed by atoms with E-state index in [4.69, 9.17) is 10.7 Å². The molecule has 1 unspecified atom stereocenters. The number of piperidine rings is 1. The minimum absolute atomic E-state index is 0.0276. The predicted molar refractivity (Wildman–Crippen MR) is 116 cm³/mol. The molecule has 1 amide bonds. The van der Waals surface area contributed by atoms with Crippen molar-refractivity contribution in [2.75, 3.05) is 29.9 Å². The lowest BCUT2D eigenvalue weighted by atomic mass is 10.1. The van der Waals surface area contributed by atoms with Gasteiger partial charge in [-0.25, -0.2) is 4.98 Å². The van der Waals surface area contributed by atoms with Crippen LogP contribution in [0.1, 0.15) is 41.6 Å². The highest BCUT2D eigenvalue weighted by Gasteiger charge is 2.41. The van der Waals surface area contributed by atoms with Crippen molar-refractivity contribution in [3.05, 3.63) is 29.5 Å². The summed E-state index contributed by atoms with van der Waals surface area (Å²) in [5.41, 5.74) is 6.92. The number of aliphatic hydroxyl groups excluding tert-OH is 1. The first-order valence-corrected chi connectivity index (χ1v) is 10.4. The van der Waals surface area contributed by atoms with Crippen molar-refractivity contribution >= 4 is 17.7 Å². The third kappa shape index (κ3) is 3.73. The molecule has 1 fully saturated rings. The van der Waals surface area contributed by atoms with Crippen LogP contribution in [0.4, 0.5) is 11.8 Å². The Morgan fingerprint density at radius 1 is 1.34 bits per heavy atom. The Morgan fingerprint density at radius 3 is 2.84 bits per heavy atom. The molecule has 2 aliphatic heterocycles. The van der Waals surface area contributed by atoms with Crippen LogP contribution in [0.25, 0.3) is 0 Å². The summed E-state index contributed by atoms with van der Waals surface area (Å²) in [4.78, 5) is 31.3. The van der Waals surface area contributed by atoms with Crippen LogP contribution in [0, 0.1) is 23.2 Å². The highest BCUT2D eigenvalue weighted by Crippen LogP contribution is 2.34. The maximum Gasteiger partial charge on any atom is 0.278 e. The molecule has 11 nitrogen and oxygen atoms in total. The smallest absolute Gasteiger partial charge is 0.278 e. The Morgan fingerprint density at radius 2 is 2.12 bits per heavy atom. The highest BCUT2D eigenvalue weighted by atomic mass is 16.3. The van der Waals surface area contributed by atoms with Crippen LogP contribution in [0.5, 0.6) is 0 Å². The van der Waals surface area contributed by atoms with Gasteiger partial charge >= 0.3 is 0 Å². The zero-order chi connectivity index (χ0) is 22.8. The first-order valence-electron chi connectivity index (χ1n) is 10.4. The number of rotatable bonds is 4. The van der Waals surface area contributed by atoms with E-state index in [2.05, 4.69) is 26.7 Å². The SMILES string of the molecule is CC#CCn1c(N2CCC[C@@H](N)C2)nc2c1C(=O)N(Cc1nccnc1C#N)C(O)N2C. The molecule has 0 aromatic carbocycles. The monoisotopic (exact) mass is 435 g/mol. The van der Waals surface area contributed by atoms with Crippen molar-refractivity contribution in [2.45, 2.75) is 45.2 Å². The van der Waals surface area contributed by atoms with Gasteiger partial charge in [0.2, 0.25) is 12.3 Å². The number of hydrogen-bond acceptors (Lipinski definition) is 9. The van der Waals surface area contributed by atoms with Gasteiger partial charge in [0.05, 0.1) is 18.8 Å². The minimum Gasteiger partial charge on any atom is -0.356 e. The fourth-order valence-electron chi connectivity index (χ4n) is 4.08. The van der Waals surface area contributed by atoms with E-state index in [0.29, 0.717) is 29.7 Å². The van der Waals surface area contributed by atoms with Crippen LogP contribution in [0.15, 0.2) is 12.4 Å². The Hall–Kier alpha value is -3.67. The topological polar surface area (TPSA) is 140 Å². The molecule has 32 heavy (non-hydrogen) atoms. The van der Waals surface area contributed by atoms with Crippen molar-refractivity contribution < 1.29 is 9.90 Å². The molecule has 11 heteroatoms. The molecule has 2 aromatic heterocycles. The van der Waals surface area contributed by atoms with E-state index in [0.717, 1.165) is 19.4 Å². The van der Waals surface area contributed by atoms with E-state index in [9.17, 15) is 15.2 Å². The van der Waals surface area contributed by atoms with E-state index >= 15 is 0 Å². The van der Waals surface area contributed by atoms with Gasteiger partial charge < -0.3 is 20.6 Å². The Labute approximate surface area is 186 Å². The third-order valence-electron chi connectivity index (χ3n) is 5.71. The molecule has 0 saturated carbocycles. The number of carbonyl (C=O) groups is 1. The predicted octanol–water partition coefficient (Wildman–Crippen LogP) is -0.136. The molecule has 0 aliphatic carbocycles. The first kappa shape index (κ1) is 21.6. The van der Waals surface area contributed by atoms with Crippen LogP contribution in [-0.2, 0) is 13.1 Å². The van der Waals surface area contributed by atoms with E-state index in [1.165, 1.54) is 22.2 Å². The van der Waals surface area contributed by atoms with E-state index in [1.54, 1.807) is 18.5 Å². The number of aliphatic hydroxyl groups is 1. The van der Waals surface area contributed by atoms with Gasteiger partial charge in [-0.15, -0.1) is 5.92 Å². The molecule has 0 spiro atoms. The van der Waals surface area contributed by atoms with Crippen molar-refractivity contribution in [1.29, 1.82) is 5.26 Å². The van der Waals surface area contributed by atoms with E-state index in [1.807, 2.05) is 6.07 Å². The van der Waals surface area contributed by atoms with Crippen LogP contribution in [-0.4, -0.2) is 68.0 Å². The molecule has 2 aromatic rings. The molecule has 4 heterocycles. The normalized spacial score (nSPS) is 20.5. The summed E-state index contributed by atoms with van der Waals surface area (Å²) < 4.78 is 1.78. The molecular formula is C21H25N9O2. The van der Waals surface area contributed by atoms with Gasteiger partial charge in [-0.3, -0.25) is 19.2 Å². The first-order chi connectivity index (χ1) is 15.5. The zero-order valence-corrected chi connectivity index (χ0v) is 18.1. The van der Waals surface area contributed by atoms with Gasteiger partial charge in [0.15, 0.2) is 17.2 Å². The summed E-state index contributed by atoms with van der Waals surface area (Å²) in [5, 5.41) is 20.2. The number of nitrogens with two attached hydrogens (primary N) is 1. The Balaban J connectivity index is 1.77. The summed E-state index contributed by atoms with van der Waals surface area (Å²) >= 11 is 0. The van der Waals surface area contributed by atoms with Gasteiger partial charge in [0, 0.05) is 38.6 Å². The number of amides is 1. The number of nitrogens with zero attached hydrogens (tertiary/aromatic N) is 8. The van der Waals surface area contributed by atoms with Crippen molar-refractivity contribution in [2.24, 2.45) is 5.73 Å². The molecule has 3 N–H and O–H groups in total. The van der Waals surface area contributed by atoms with Crippen LogP contribution >= 0.6 is 0 Å². The molecule has 2 atom stereocenters. The van der Waals surface area contributed by atoms with E-state index in [-0.39, 0.29) is 24.8 Å². The van der Waals surface area contributed by atoms with Crippen molar-refractivity contribution in [3.8, 4) is 17.9 Å². The average molecular weight is 435 g/mol. The maximum absolute atomic E-state index is 13.6.